The second-order valence-corrected chi connectivity index (χ2v) is 9.18. The van der Waals surface area contributed by atoms with Crippen LogP contribution in [0.4, 0.5) is 11.4 Å². The van der Waals surface area contributed by atoms with Gasteiger partial charge in [0.1, 0.15) is 0 Å². The number of para-hydroxylation sites is 1. The molecule has 0 saturated carbocycles. The molecule has 1 aliphatic heterocycles. The molecular weight excluding hydrogens is 390 g/mol. The molecule has 3 rings (SSSR count). The van der Waals surface area contributed by atoms with Crippen molar-refractivity contribution in [3.63, 3.8) is 0 Å². The van der Waals surface area contributed by atoms with E-state index in [2.05, 4.69) is 10.0 Å². The lowest BCUT2D eigenvalue weighted by Crippen LogP contribution is -2.35. The van der Waals surface area contributed by atoms with Crippen LogP contribution in [0.3, 0.4) is 0 Å². The first-order chi connectivity index (χ1) is 13.6. The van der Waals surface area contributed by atoms with Crippen molar-refractivity contribution < 1.29 is 18.0 Å². The van der Waals surface area contributed by atoms with Gasteiger partial charge in [-0.15, -0.1) is 0 Å². The molecular formula is C21H25N3O4S. The van der Waals surface area contributed by atoms with Crippen molar-refractivity contribution >= 4 is 33.2 Å². The van der Waals surface area contributed by atoms with Crippen LogP contribution in [0, 0.1) is 12.8 Å². The highest BCUT2D eigenvalue weighted by molar-refractivity contribution is 7.92. The maximum absolute atomic E-state index is 12.8. The lowest BCUT2D eigenvalue weighted by atomic mass is 10.0. The van der Waals surface area contributed by atoms with Gasteiger partial charge in [0.05, 0.1) is 23.9 Å². The van der Waals surface area contributed by atoms with E-state index in [1.54, 1.807) is 36.1 Å². The molecule has 1 heterocycles. The third-order valence-electron chi connectivity index (χ3n) is 4.92. The molecule has 0 aromatic heterocycles. The molecule has 1 saturated heterocycles. The smallest absolute Gasteiger partial charge is 0.229 e. The van der Waals surface area contributed by atoms with Crippen molar-refractivity contribution in [1.82, 2.24) is 5.32 Å². The Labute approximate surface area is 171 Å². The van der Waals surface area contributed by atoms with E-state index >= 15 is 0 Å². The summed E-state index contributed by atoms with van der Waals surface area (Å²) in [6.07, 6.45) is 1.23. The second-order valence-electron chi connectivity index (χ2n) is 7.43. The fourth-order valence-electron chi connectivity index (χ4n) is 3.43. The predicted octanol–water partition coefficient (Wildman–Crippen LogP) is 2.60. The van der Waals surface area contributed by atoms with Gasteiger partial charge in [-0.3, -0.25) is 14.3 Å². The first-order valence-electron chi connectivity index (χ1n) is 9.38. The summed E-state index contributed by atoms with van der Waals surface area (Å²) in [5.74, 6) is -0.767. The number of nitrogens with one attached hydrogen (secondary N) is 2. The number of anilines is 2. The van der Waals surface area contributed by atoms with E-state index in [1.807, 2.05) is 31.2 Å². The maximum Gasteiger partial charge on any atom is 0.229 e. The van der Waals surface area contributed by atoms with Gasteiger partial charge in [0.25, 0.3) is 0 Å². The van der Waals surface area contributed by atoms with E-state index in [-0.39, 0.29) is 18.2 Å². The van der Waals surface area contributed by atoms with E-state index in [0.29, 0.717) is 17.8 Å². The summed E-state index contributed by atoms with van der Waals surface area (Å²) in [6, 6.07) is 14.1. The number of rotatable bonds is 6. The van der Waals surface area contributed by atoms with Crippen LogP contribution in [0.2, 0.25) is 0 Å². The van der Waals surface area contributed by atoms with Gasteiger partial charge in [0, 0.05) is 18.7 Å². The lowest BCUT2D eigenvalue weighted by Gasteiger charge is -2.21. The quantitative estimate of drug-likeness (QED) is 0.758. The molecule has 7 nitrogen and oxygen atoms in total. The third-order valence-corrected chi connectivity index (χ3v) is 5.51. The molecule has 29 heavy (non-hydrogen) atoms. The van der Waals surface area contributed by atoms with Crippen molar-refractivity contribution in [2.75, 3.05) is 22.4 Å². The highest BCUT2D eigenvalue weighted by Gasteiger charge is 2.35. The largest absolute Gasteiger partial charge is 0.349 e. The van der Waals surface area contributed by atoms with Crippen LogP contribution >= 0.6 is 0 Å². The fraction of sp³-hybridized carbons (Fsp3) is 0.333. The minimum absolute atomic E-state index is 0.0826. The predicted molar refractivity (Wildman–Crippen MR) is 113 cm³/mol. The number of hydrogen-bond donors (Lipinski definition) is 2. The van der Waals surface area contributed by atoms with Gasteiger partial charge >= 0.3 is 0 Å². The van der Waals surface area contributed by atoms with Crippen LogP contribution in [0.25, 0.3) is 0 Å². The Bertz CT molecular complexity index is 1020. The molecule has 2 aromatic rings. The van der Waals surface area contributed by atoms with Gasteiger partial charge in [0.15, 0.2) is 0 Å². The molecule has 2 N–H and O–H groups in total. The average molecular weight is 416 g/mol. The lowest BCUT2D eigenvalue weighted by molar-refractivity contribution is -0.126. The second kappa shape index (κ2) is 8.24. The monoisotopic (exact) mass is 415 g/mol. The highest BCUT2D eigenvalue weighted by Crippen LogP contribution is 2.27. The van der Waals surface area contributed by atoms with Gasteiger partial charge in [-0.2, -0.15) is 0 Å². The zero-order chi connectivity index (χ0) is 21.2. The number of amides is 2. The van der Waals surface area contributed by atoms with Gasteiger partial charge in [-0.25, -0.2) is 8.42 Å². The van der Waals surface area contributed by atoms with Crippen molar-refractivity contribution in [3.8, 4) is 0 Å². The minimum atomic E-state index is -3.44. The van der Waals surface area contributed by atoms with E-state index in [1.165, 1.54) is 0 Å². The van der Waals surface area contributed by atoms with Crippen molar-refractivity contribution in [2.24, 2.45) is 5.92 Å². The van der Waals surface area contributed by atoms with Gasteiger partial charge in [-0.05, 0) is 37.6 Å². The Morgan fingerprint density at radius 3 is 2.45 bits per heavy atom. The van der Waals surface area contributed by atoms with Crippen molar-refractivity contribution in [1.29, 1.82) is 0 Å². The summed E-state index contributed by atoms with van der Waals surface area (Å²) in [5.41, 5.74) is 2.97. The molecule has 0 aliphatic carbocycles. The molecule has 0 spiro atoms. The first kappa shape index (κ1) is 20.9. The van der Waals surface area contributed by atoms with E-state index in [0.717, 1.165) is 17.5 Å². The van der Waals surface area contributed by atoms with E-state index < -0.39 is 22.0 Å². The molecule has 0 bridgehead atoms. The van der Waals surface area contributed by atoms with Crippen molar-refractivity contribution in [3.05, 3.63) is 59.7 Å². The summed E-state index contributed by atoms with van der Waals surface area (Å²) >= 11 is 0. The van der Waals surface area contributed by atoms with Crippen LogP contribution in [0.15, 0.2) is 48.5 Å². The molecule has 2 atom stereocenters. The molecule has 2 aromatic carbocycles. The normalized spacial score (nSPS) is 17.8. The van der Waals surface area contributed by atoms with E-state index in [4.69, 9.17) is 0 Å². The highest BCUT2D eigenvalue weighted by atomic mass is 32.2. The Balaban J connectivity index is 1.69. The SMILES string of the molecule is Cc1ccc(N2CC(C(=O)NC(C)c3ccccc3NS(C)(=O)=O)CC2=O)cc1. The molecule has 1 fully saturated rings. The Kier molecular flexibility index (Phi) is 5.93. The summed E-state index contributed by atoms with van der Waals surface area (Å²) in [6.45, 7) is 4.09. The number of hydrogen-bond acceptors (Lipinski definition) is 4. The summed E-state index contributed by atoms with van der Waals surface area (Å²) in [5, 5.41) is 2.91. The molecule has 8 heteroatoms. The van der Waals surface area contributed by atoms with E-state index in [9.17, 15) is 18.0 Å². The first-order valence-corrected chi connectivity index (χ1v) is 11.3. The number of benzene rings is 2. The van der Waals surface area contributed by atoms with Crippen LogP contribution in [0.5, 0.6) is 0 Å². The maximum atomic E-state index is 12.8. The Hall–Kier alpha value is -2.87. The number of aryl methyl sites for hydroxylation is 1. The summed E-state index contributed by atoms with van der Waals surface area (Å²) in [4.78, 5) is 26.8. The van der Waals surface area contributed by atoms with Crippen LogP contribution in [0.1, 0.15) is 30.5 Å². The molecule has 0 radical (unpaired) electrons. The summed E-state index contributed by atoms with van der Waals surface area (Å²) < 4.78 is 25.7. The van der Waals surface area contributed by atoms with Crippen LogP contribution in [-0.4, -0.2) is 33.0 Å². The number of sulfonamides is 1. The zero-order valence-corrected chi connectivity index (χ0v) is 17.5. The molecule has 1 aliphatic rings. The van der Waals surface area contributed by atoms with Gasteiger partial charge in [0.2, 0.25) is 21.8 Å². The zero-order valence-electron chi connectivity index (χ0n) is 16.7. The van der Waals surface area contributed by atoms with Gasteiger partial charge in [-0.1, -0.05) is 35.9 Å². The number of carbonyl (C=O) groups is 2. The van der Waals surface area contributed by atoms with Crippen LogP contribution < -0.4 is 14.9 Å². The average Bonchev–Trinajstić information content (AvgIpc) is 3.03. The minimum Gasteiger partial charge on any atom is -0.349 e. The third kappa shape index (κ3) is 5.14. The number of carbonyl (C=O) groups excluding carboxylic acids is 2. The number of nitrogens with zero attached hydrogens (tertiary/aromatic N) is 1. The molecule has 2 unspecified atom stereocenters. The van der Waals surface area contributed by atoms with Gasteiger partial charge < -0.3 is 10.2 Å². The summed E-state index contributed by atoms with van der Waals surface area (Å²) in [7, 11) is -3.44. The van der Waals surface area contributed by atoms with Crippen molar-refractivity contribution in [2.45, 2.75) is 26.3 Å². The molecule has 2 amide bonds. The Morgan fingerprint density at radius 2 is 1.79 bits per heavy atom. The van der Waals surface area contributed by atoms with Crippen LogP contribution in [-0.2, 0) is 19.6 Å². The standard InChI is InChI=1S/C21H25N3O4S/c1-14-8-10-17(11-9-14)24-13-16(12-20(24)25)21(26)22-15(2)18-6-4-5-7-19(18)23-29(3,27)28/h4-11,15-16,23H,12-13H2,1-3H3,(H,22,26). The Morgan fingerprint density at radius 1 is 1.14 bits per heavy atom. The molecule has 154 valence electrons. The topological polar surface area (TPSA) is 95.6 Å². The fourth-order valence-corrected chi connectivity index (χ4v) is 4.02.